The number of carbonyl (C=O) groups excluding carboxylic acids is 1. The van der Waals surface area contributed by atoms with Crippen LogP contribution in [0.15, 0.2) is 24.3 Å². The highest BCUT2D eigenvalue weighted by Crippen LogP contribution is 2.18. The molecule has 0 heterocycles. The van der Waals surface area contributed by atoms with Crippen molar-refractivity contribution in [3.05, 3.63) is 24.3 Å². The molecule has 392 valence electrons. The predicted octanol–water partition coefficient (Wildman–Crippen LogP) is 18.8. The maximum absolute atomic E-state index is 12.5. The van der Waals surface area contributed by atoms with E-state index in [1.807, 2.05) is 0 Å². The predicted molar refractivity (Wildman–Crippen MR) is 292 cm³/mol. The Morgan fingerprint density at radius 3 is 0.955 bits per heavy atom. The highest BCUT2D eigenvalue weighted by molar-refractivity contribution is 5.76. The Hall–Kier alpha value is -1.17. The van der Waals surface area contributed by atoms with Gasteiger partial charge < -0.3 is 20.6 Å². The van der Waals surface area contributed by atoms with Gasteiger partial charge in [0.05, 0.1) is 18.8 Å². The van der Waals surface area contributed by atoms with E-state index >= 15 is 0 Å². The van der Waals surface area contributed by atoms with Gasteiger partial charge in [0.15, 0.2) is 0 Å². The van der Waals surface area contributed by atoms with Crippen LogP contribution in [0, 0.1) is 0 Å². The molecule has 0 radical (unpaired) electrons. The summed E-state index contributed by atoms with van der Waals surface area (Å²) >= 11 is 0. The van der Waals surface area contributed by atoms with Gasteiger partial charge in [-0.2, -0.15) is 0 Å². The first-order chi connectivity index (χ1) is 32.6. The maximum atomic E-state index is 12.5. The maximum Gasteiger partial charge on any atom is 0.220 e. The van der Waals surface area contributed by atoms with E-state index in [4.69, 9.17) is 0 Å². The fourth-order valence-electron chi connectivity index (χ4n) is 9.67. The second-order valence-electron chi connectivity index (χ2n) is 20.9. The summed E-state index contributed by atoms with van der Waals surface area (Å²) in [5, 5.41) is 33.7. The molecule has 0 aromatic heterocycles. The van der Waals surface area contributed by atoms with Crippen molar-refractivity contribution in [3.8, 4) is 0 Å². The SMILES string of the molecule is CCCCCCCCCCCCCCCCC/C=C\C/C=C\CCCCCCCCCCCCCCCCCCCC(=O)NC(CO)C(O)C(O)CCCCCCCCCCCCCCC. The minimum Gasteiger partial charge on any atom is -0.394 e. The van der Waals surface area contributed by atoms with E-state index < -0.39 is 18.2 Å². The third-order valence-electron chi connectivity index (χ3n) is 14.3. The molecule has 5 heteroatoms. The van der Waals surface area contributed by atoms with Crippen LogP contribution in [-0.2, 0) is 4.79 Å². The second-order valence-corrected chi connectivity index (χ2v) is 20.9. The molecule has 0 aliphatic rings. The second kappa shape index (κ2) is 56.4. The zero-order valence-corrected chi connectivity index (χ0v) is 44.9. The van der Waals surface area contributed by atoms with Crippen LogP contribution >= 0.6 is 0 Å². The van der Waals surface area contributed by atoms with Gasteiger partial charge in [0.25, 0.3) is 0 Å². The largest absolute Gasteiger partial charge is 0.394 e. The molecule has 0 aromatic carbocycles. The fraction of sp³-hybridized carbons (Fsp3) is 0.918. The fourth-order valence-corrected chi connectivity index (χ4v) is 9.67. The number of allylic oxidation sites excluding steroid dienone is 4. The first-order valence-corrected chi connectivity index (χ1v) is 30.1. The molecule has 0 bridgehead atoms. The zero-order valence-electron chi connectivity index (χ0n) is 44.9. The summed E-state index contributed by atoms with van der Waals surface area (Å²) < 4.78 is 0. The van der Waals surface area contributed by atoms with Gasteiger partial charge >= 0.3 is 0 Å². The Morgan fingerprint density at radius 1 is 0.379 bits per heavy atom. The summed E-state index contributed by atoms with van der Waals surface area (Å²) in [6, 6.07) is -0.807. The lowest BCUT2D eigenvalue weighted by Gasteiger charge is -2.26. The van der Waals surface area contributed by atoms with Crippen molar-refractivity contribution in [1.29, 1.82) is 0 Å². The Labute approximate surface area is 413 Å². The Kier molecular flexibility index (Phi) is 55.4. The molecule has 1 amide bonds. The van der Waals surface area contributed by atoms with E-state index in [0.717, 1.165) is 44.9 Å². The molecule has 0 aliphatic carbocycles. The number of hydrogen-bond acceptors (Lipinski definition) is 4. The van der Waals surface area contributed by atoms with E-state index in [1.54, 1.807) is 0 Å². The number of rotatable bonds is 56. The first kappa shape index (κ1) is 64.8. The average Bonchev–Trinajstić information content (AvgIpc) is 3.32. The van der Waals surface area contributed by atoms with Crippen LogP contribution in [0.1, 0.15) is 335 Å². The van der Waals surface area contributed by atoms with E-state index in [-0.39, 0.29) is 12.5 Å². The quantitative estimate of drug-likeness (QED) is 0.0361. The van der Waals surface area contributed by atoms with Gasteiger partial charge in [-0.25, -0.2) is 0 Å². The van der Waals surface area contributed by atoms with Crippen LogP contribution < -0.4 is 5.32 Å². The van der Waals surface area contributed by atoms with Crippen molar-refractivity contribution in [2.45, 2.75) is 353 Å². The van der Waals surface area contributed by atoms with Crippen LogP contribution in [0.5, 0.6) is 0 Å². The van der Waals surface area contributed by atoms with Crippen LogP contribution in [0.2, 0.25) is 0 Å². The van der Waals surface area contributed by atoms with Crippen LogP contribution in [-0.4, -0.2) is 46.1 Å². The molecule has 3 atom stereocenters. The summed E-state index contributed by atoms with van der Waals surface area (Å²) in [6.45, 7) is 4.20. The third-order valence-corrected chi connectivity index (χ3v) is 14.3. The monoisotopic (exact) mass is 930 g/mol. The number of unbranched alkanes of at least 4 members (excludes halogenated alkanes) is 44. The van der Waals surface area contributed by atoms with Crippen LogP contribution in [0.4, 0.5) is 0 Å². The Morgan fingerprint density at radius 2 is 0.652 bits per heavy atom. The van der Waals surface area contributed by atoms with Gasteiger partial charge in [-0.15, -0.1) is 0 Å². The van der Waals surface area contributed by atoms with Crippen molar-refractivity contribution >= 4 is 5.91 Å². The number of aliphatic hydroxyl groups excluding tert-OH is 3. The average molecular weight is 931 g/mol. The summed E-state index contributed by atoms with van der Waals surface area (Å²) in [5.74, 6) is -0.140. The lowest BCUT2D eigenvalue weighted by molar-refractivity contribution is -0.124. The van der Waals surface area contributed by atoms with E-state index in [2.05, 4.69) is 43.5 Å². The van der Waals surface area contributed by atoms with Gasteiger partial charge in [-0.05, 0) is 44.9 Å². The van der Waals surface area contributed by atoms with Gasteiger partial charge in [0.1, 0.15) is 6.10 Å². The van der Waals surface area contributed by atoms with Crippen molar-refractivity contribution < 1.29 is 20.1 Å². The molecule has 0 spiro atoms. The molecule has 4 N–H and O–H groups in total. The normalized spacial score (nSPS) is 13.3. The summed E-state index contributed by atoms with van der Waals surface area (Å²) in [6.07, 6.45) is 72.2. The van der Waals surface area contributed by atoms with Gasteiger partial charge in [-0.3, -0.25) is 4.79 Å². The molecule has 3 unspecified atom stereocenters. The minimum absolute atomic E-state index is 0.140. The minimum atomic E-state index is -1.13. The molecular formula is C61H119NO4. The van der Waals surface area contributed by atoms with E-state index in [0.29, 0.717) is 12.8 Å². The molecular weight excluding hydrogens is 811 g/mol. The number of aliphatic hydroxyl groups is 3. The Bertz CT molecular complexity index is 982. The summed E-state index contributed by atoms with van der Waals surface area (Å²) in [5.41, 5.74) is 0. The van der Waals surface area contributed by atoms with Gasteiger partial charge in [0.2, 0.25) is 5.91 Å². The number of hydrogen-bond donors (Lipinski definition) is 4. The number of nitrogens with one attached hydrogen (secondary N) is 1. The molecule has 5 nitrogen and oxygen atoms in total. The van der Waals surface area contributed by atoms with E-state index in [9.17, 15) is 20.1 Å². The summed E-state index contributed by atoms with van der Waals surface area (Å²) in [4.78, 5) is 12.5. The smallest absolute Gasteiger partial charge is 0.220 e. The number of carbonyl (C=O) groups is 1. The molecule has 0 aliphatic heterocycles. The van der Waals surface area contributed by atoms with Crippen molar-refractivity contribution in [3.63, 3.8) is 0 Å². The third kappa shape index (κ3) is 50.7. The van der Waals surface area contributed by atoms with Crippen molar-refractivity contribution in [2.75, 3.05) is 6.61 Å². The molecule has 0 fully saturated rings. The molecule has 0 saturated carbocycles. The highest BCUT2D eigenvalue weighted by Gasteiger charge is 2.26. The van der Waals surface area contributed by atoms with E-state index in [1.165, 1.54) is 263 Å². The molecule has 0 rings (SSSR count). The molecule has 0 saturated heterocycles. The van der Waals surface area contributed by atoms with Crippen LogP contribution in [0.25, 0.3) is 0 Å². The highest BCUT2D eigenvalue weighted by atomic mass is 16.3. The van der Waals surface area contributed by atoms with Gasteiger partial charge in [-0.1, -0.05) is 308 Å². The zero-order chi connectivity index (χ0) is 47.9. The summed E-state index contributed by atoms with van der Waals surface area (Å²) in [7, 11) is 0. The lowest BCUT2D eigenvalue weighted by atomic mass is 9.99. The van der Waals surface area contributed by atoms with Crippen molar-refractivity contribution in [1.82, 2.24) is 5.32 Å². The van der Waals surface area contributed by atoms with Crippen LogP contribution in [0.3, 0.4) is 0 Å². The first-order valence-electron chi connectivity index (χ1n) is 30.1. The lowest BCUT2D eigenvalue weighted by Crippen LogP contribution is -2.50. The topological polar surface area (TPSA) is 89.8 Å². The van der Waals surface area contributed by atoms with Crippen molar-refractivity contribution in [2.24, 2.45) is 0 Å². The standard InChI is InChI=1S/C61H119NO4/c1-3-5-7-9-11-13-15-17-18-19-20-21-22-23-24-25-26-27-28-29-30-31-32-33-34-35-36-37-38-39-40-41-42-44-46-48-50-52-54-56-60(65)62-58(57-63)61(66)59(64)55-53-51-49-47-45-43-16-14-12-10-8-6-4-2/h26-27,29-30,58-59,61,63-64,66H,3-25,28,31-57H2,1-2H3,(H,62,65)/b27-26-,30-29-. The van der Waals surface area contributed by atoms with Gasteiger partial charge in [0, 0.05) is 6.42 Å². The molecule has 0 aromatic rings. The molecule has 66 heavy (non-hydrogen) atoms. The number of amides is 1. The Balaban J connectivity index is 3.44.